The van der Waals surface area contributed by atoms with Gasteiger partial charge in [0.05, 0.1) is 11.3 Å². The molecule has 1 saturated heterocycles. The molecule has 4 heterocycles. The number of halogens is 1. The van der Waals surface area contributed by atoms with E-state index in [1.807, 2.05) is 35.2 Å². The molecule has 0 spiro atoms. The highest BCUT2D eigenvalue weighted by molar-refractivity contribution is 5.77. The number of amides is 1. The molecule has 0 aliphatic carbocycles. The van der Waals surface area contributed by atoms with Crippen molar-refractivity contribution in [1.29, 1.82) is 0 Å². The molecule has 2 aromatic carbocycles. The van der Waals surface area contributed by atoms with Crippen LogP contribution < -0.4 is 10.6 Å². The first-order valence-electron chi connectivity index (χ1n) is 11.8. The molecule has 6 rings (SSSR count). The predicted octanol–water partition coefficient (Wildman–Crippen LogP) is 2.70. The quantitative estimate of drug-likeness (QED) is 0.366. The molecule has 0 saturated carbocycles. The summed E-state index contributed by atoms with van der Waals surface area (Å²) in [7, 11) is 0. The van der Waals surface area contributed by atoms with Crippen LogP contribution in [0.2, 0.25) is 0 Å². The number of hydrogen-bond acceptors (Lipinski definition) is 7. The zero-order valence-corrected chi connectivity index (χ0v) is 19.7. The number of rotatable bonds is 5. The summed E-state index contributed by atoms with van der Waals surface area (Å²) >= 11 is 0. The fourth-order valence-corrected chi connectivity index (χ4v) is 4.48. The normalized spacial score (nSPS) is 13.9. The van der Waals surface area contributed by atoms with Crippen molar-refractivity contribution in [2.75, 3.05) is 31.1 Å². The number of fused-ring (bicyclic) bond motifs is 1. The fourth-order valence-electron chi connectivity index (χ4n) is 4.48. The van der Waals surface area contributed by atoms with Gasteiger partial charge >= 0.3 is 5.69 Å². The largest absolute Gasteiger partial charge is 0.366 e. The van der Waals surface area contributed by atoms with Crippen molar-refractivity contribution in [2.24, 2.45) is 0 Å². The fraction of sp³-hybridized carbons (Fsp3) is 0.192. The van der Waals surface area contributed by atoms with Gasteiger partial charge in [-0.05, 0) is 24.3 Å². The third-order valence-corrected chi connectivity index (χ3v) is 6.41. The maximum atomic E-state index is 14.1. The van der Waals surface area contributed by atoms with Crippen LogP contribution in [0.5, 0.6) is 0 Å². The molecule has 1 fully saturated rings. The molecule has 37 heavy (non-hydrogen) atoms. The Hall–Kier alpha value is -4.80. The lowest BCUT2D eigenvalue weighted by Crippen LogP contribution is -2.50. The van der Waals surface area contributed by atoms with Crippen LogP contribution in [-0.4, -0.2) is 61.3 Å². The highest BCUT2D eigenvalue weighted by Gasteiger charge is 2.24. The number of piperazine rings is 1. The van der Waals surface area contributed by atoms with Gasteiger partial charge in [0.1, 0.15) is 12.4 Å². The molecule has 0 atom stereocenters. The molecule has 0 unspecified atom stereocenters. The molecule has 3 aromatic heterocycles. The number of carbonyl (C=O) groups is 1. The first kappa shape index (κ1) is 22.7. The predicted molar refractivity (Wildman–Crippen MR) is 133 cm³/mol. The Morgan fingerprint density at radius 1 is 0.946 bits per heavy atom. The number of benzene rings is 2. The first-order valence-corrected chi connectivity index (χ1v) is 11.8. The Bertz CT molecular complexity index is 1640. The molecular formula is C26H22FN7O3. The molecule has 1 aliphatic rings. The van der Waals surface area contributed by atoms with Crippen LogP contribution in [0.4, 0.5) is 10.1 Å². The zero-order valence-electron chi connectivity index (χ0n) is 19.7. The average molecular weight is 500 g/mol. The lowest BCUT2D eigenvalue weighted by molar-refractivity contribution is -0.132. The second kappa shape index (κ2) is 9.34. The van der Waals surface area contributed by atoms with Crippen molar-refractivity contribution in [3.05, 3.63) is 89.2 Å². The van der Waals surface area contributed by atoms with E-state index in [9.17, 15) is 14.0 Å². The molecular weight excluding hydrogens is 477 g/mol. The maximum absolute atomic E-state index is 14.1. The van der Waals surface area contributed by atoms with E-state index in [2.05, 4.69) is 15.2 Å². The summed E-state index contributed by atoms with van der Waals surface area (Å²) in [5.41, 5.74) is 1.67. The van der Waals surface area contributed by atoms with Crippen molar-refractivity contribution >= 4 is 17.2 Å². The molecule has 186 valence electrons. The lowest BCUT2D eigenvalue weighted by Gasteiger charge is -2.36. The number of nitrogens with zero attached hydrogens (tertiary/aromatic N) is 7. The van der Waals surface area contributed by atoms with E-state index >= 15 is 0 Å². The summed E-state index contributed by atoms with van der Waals surface area (Å²) in [6, 6.07) is 19.4. The average Bonchev–Trinajstić information content (AvgIpc) is 3.55. The van der Waals surface area contributed by atoms with Crippen LogP contribution in [0.3, 0.4) is 0 Å². The smallest absolute Gasteiger partial charge is 0.350 e. The van der Waals surface area contributed by atoms with Crippen LogP contribution in [0.15, 0.2) is 82.2 Å². The highest BCUT2D eigenvalue weighted by atomic mass is 19.1. The van der Waals surface area contributed by atoms with E-state index < -0.39 is 5.69 Å². The van der Waals surface area contributed by atoms with Gasteiger partial charge in [-0.25, -0.2) is 18.3 Å². The molecule has 0 N–H and O–H groups in total. The summed E-state index contributed by atoms with van der Waals surface area (Å²) in [5.74, 6) is 0.122. The first-order chi connectivity index (χ1) is 18.1. The second-order valence-corrected chi connectivity index (χ2v) is 8.66. The summed E-state index contributed by atoms with van der Waals surface area (Å²) in [6.45, 7) is 1.63. The molecule has 10 nitrogen and oxygen atoms in total. The van der Waals surface area contributed by atoms with Gasteiger partial charge in [-0.3, -0.25) is 4.79 Å². The SMILES string of the molecule is O=C(Cn1nc2c(-c3nc(-c4ccccc4)no3)cccn2c1=O)N1CCN(c2ccccc2F)CC1. The minimum Gasteiger partial charge on any atom is -0.366 e. The van der Waals surface area contributed by atoms with E-state index in [-0.39, 0.29) is 24.2 Å². The third-order valence-electron chi connectivity index (χ3n) is 6.41. The number of aromatic nitrogens is 5. The van der Waals surface area contributed by atoms with Gasteiger partial charge < -0.3 is 14.3 Å². The van der Waals surface area contributed by atoms with Crippen LogP contribution >= 0.6 is 0 Å². The number of hydrogen-bond donors (Lipinski definition) is 0. The standard InChI is InChI=1S/C26H22FN7O3/c27-20-10-4-5-11-21(20)31-13-15-32(16-14-31)22(35)17-34-26(36)33-12-6-9-19(24(33)29-34)25-28-23(30-37-25)18-7-2-1-3-8-18/h1-12H,13-17H2. The number of pyridine rings is 1. The Balaban J connectivity index is 1.21. The van der Waals surface area contributed by atoms with Crippen LogP contribution in [0.25, 0.3) is 28.5 Å². The minimum absolute atomic E-state index is 0.210. The van der Waals surface area contributed by atoms with E-state index in [0.717, 1.165) is 10.2 Å². The van der Waals surface area contributed by atoms with Crippen LogP contribution in [0.1, 0.15) is 0 Å². The van der Waals surface area contributed by atoms with E-state index in [0.29, 0.717) is 48.9 Å². The van der Waals surface area contributed by atoms with Crippen molar-refractivity contribution in [2.45, 2.75) is 6.54 Å². The molecule has 1 aliphatic heterocycles. The summed E-state index contributed by atoms with van der Waals surface area (Å²) in [6.07, 6.45) is 1.58. The van der Waals surface area contributed by atoms with Crippen molar-refractivity contribution in [3.8, 4) is 22.8 Å². The Labute approximate surface area is 210 Å². The molecule has 0 radical (unpaired) electrons. The molecule has 0 bridgehead atoms. The van der Waals surface area contributed by atoms with Crippen LogP contribution in [-0.2, 0) is 11.3 Å². The van der Waals surface area contributed by atoms with Crippen molar-refractivity contribution < 1.29 is 13.7 Å². The van der Waals surface area contributed by atoms with E-state index in [1.54, 1.807) is 41.4 Å². The highest BCUT2D eigenvalue weighted by Crippen LogP contribution is 2.24. The van der Waals surface area contributed by atoms with Gasteiger partial charge in [-0.1, -0.05) is 47.6 Å². The summed E-state index contributed by atoms with van der Waals surface area (Å²) < 4.78 is 22.1. The Kier molecular flexibility index (Phi) is 5.72. The number of para-hydroxylation sites is 1. The van der Waals surface area contributed by atoms with Crippen molar-refractivity contribution in [3.63, 3.8) is 0 Å². The van der Waals surface area contributed by atoms with Gasteiger partial charge in [-0.15, -0.1) is 5.10 Å². The number of anilines is 1. The molecule has 5 aromatic rings. The van der Waals surface area contributed by atoms with Crippen LogP contribution in [0, 0.1) is 5.82 Å². The topological polar surface area (TPSA) is 102 Å². The number of carbonyl (C=O) groups excluding carboxylic acids is 1. The van der Waals surface area contributed by atoms with E-state index in [1.165, 1.54) is 10.5 Å². The lowest BCUT2D eigenvalue weighted by atomic mass is 10.2. The third kappa shape index (κ3) is 4.24. The second-order valence-electron chi connectivity index (χ2n) is 8.66. The minimum atomic E-state index is -0.446. The van der Waals surface area contributed by atoms with E-state index in [4.69, 9.17) is 4.52 Å². The zero-order chi connectivity index (χ0) is 25.4. The maximum Gasteiger partial charge on any atom is 0.350 e. The summed E-state index contributed by atoms with van der Waals surface area (Å²) in [5, 5.41) is 8.46. The van der Waals surface area contributed by atoms with Crippen molar-refractivity contribution in [1.82, 2.24) is 29.2 Å². The van der Waals surface area contributed by atoms with Gasteiger partial charge in [0.15, 0.2) is 5.65 Å². The molecule has 11 heteroatoms. The van der Waals surface area contributed by atoms with Gasteiger partial charge in [0.25, 0.3) is 5.89 Å². The van der Waals surface area contributed by atoms with Gasteiger partial charge in [0.2, 0.25) is 11.7 Å². The Morgan fingerprint density at radius 3 is 2.49 bits per heavy atom. The summed E-state index contributed by atoms with van der Waals surface area (Å²) in [4.78, 5) is 34.1. The molecule has 1 amide bonds. The van der Waals surface area contributed by atoms with Gasteiger partial charge in [-0.2, -0.15) is 4.98 Å². The monoisotopic (exact) mass is 499 g/mol. The van der Waals surface area contributed by atoms with Gasteiger partial charge in [0, 0.05) is 37.9 Å². The Morgan fingerprint density at radius 2 is 1.70 bits per heavy atom.